The minimum absolute atomic E-state index is 0.632. The van der Waals surface area contributed by atoms with Crippen LogP contribution in [0.15, 0.2) is 61.1 Å². The molecule has 0 amide bonds. The predicted octanol–water partition coefficient (Wildman–Crippen LogP) is 4.65. The van der Waals surface area contributed by atoms with Gasteiger partial charge < -0.3 is 4.74 Å². The highest BCUT2D eigenvalue weighted by Crippen LogP contribution is 2.25. The van der Waals surface area contributed by atoms with Crippen LogP contribution in [-0.2, 0) is 13.1 Å². The summed E-state index contributed by atoms with van der Waals surface area (Å²) in [5, 5.41) is 0. The van der Waals surface area contributed by atoms with Crippen molar-refractivity contribution < 1.29 is 4.74 Å². The summed E-state index contributed by atoms with van der Waals surface area (Å²) in [7, 11) is 1.76. The van der Waals surface area contributed by atoms with Gasteiger partial charge in [-0.15, -0.1) is 0 Å². The molecule has 0 aliphatic carbocycles. The molecule has 1 fully saturated rings. The molecule has 6 heteroatoms. The molecule has 2 aromatic heterocycles. The number of ether oxygens (including phenoxy) is 1. The van der Waals surface area contributed by atoms with E-state index in [9.17, 15) is 0 Å². The normalized spacial score (nSPS) is 15.4. The number of nitrogens with zero attached hydrogens (tertiary/aromatic N) is 5. The van der Waals surface area contributed by atoms with E-state index in [-0.39, 0.29) is 0 Å². The summed E-state index contributed by atoms with van der Waals surface area (Å²) in [6.07, 6.45) is 8.15. The summed E-state index contributed by atoms with van der Waals surface area (Å²) < 4.78 is 7.66. The fourth-order valence-electron chi connectivity index (χ4n) is 4.87. The maximum atomic E-state index is 5.54. The van der Waals surface area contributed by atoms with Crippen LogP contribution in [-0.4, -0.2) is 57.6 Å². The van der Waals surface area contributed by atoms with Crippen LogP contribution in [0.1, 0.15) is 37.9 Å². The van der Waals surface area contributed by atoms with Crippen LogP contribution in [0.2, 0.25) is 0 Å². The summed E-state index contributed by atoms with van der Waals surface area (Å²) in [5.74, 6) is 3.10. The average Bonchev–Trinajstić information content (AvgIpc) is 3.29. The maximum absolute atomic E-state index is 5.54. The Balaban J connectivity index is 1.35. The molecule has 0 spiro atoms. The van der Waals surface area contributed by atoms with Crippen LogP contribution in [0.25, 0.3) is 5.95 Å². The Hall–Kier alpha value is -2.70. The van der Waals surface area contributed by atoms with Crippen LogP contribution in [0, 0.1) is 11.8 Å². The standard InChI is InChI=1S/C27H37N5O/c1-22(2)18-31(21-25-9-6-15-32(25)27-28-13-7-14-29-27)19-23-11-16-30(17-12-23)20-24-8-4-5-10-26(24)33-3/h4-10,13-15,22-23H,11-12,16-21H2,1-3H3. The van der Waals surface area contributed by atoms with Gasteiger partial charge >= 0.3 is 0 Å². The fourth-order valence-corrected chi connectivity index (χ4v) is 4.87. The second kappa shape index (κ2) is 11.4. The van der Waals surface area contributed by atoms with Crippen molar-refractivity contribution in [2.24, 2.45) is 11.8 Å². The molecule has 0 atom stereocenters. The molecule has 6 nitrogen and oxygen atoms in total. The van der Waals surface area contributed by atoms with E-state index in [0.717, 1.165) is 56.9 Å². The number of methoxy groups -OCH3 is 1. The summed E-state index contributed by atoms with van der Waals surface area (Å²) in [6.45, 7) is 11.0. The monoisotopic (exact) mass is 447 g/mol. The van der Waals surface area contributed by atoms with E-state index in [0.29, 0.717) is 5.92 Å². The highest BCUT2D eigenvalue weighted by molar-refractivity contribution is 5.33. The maximum Gasteiger partial charge on any atom is 0.233 e. The molecule has 1 aromatic carbocycles. The lowest BCUT2D eigenvalue weighted by Gasteiger charge is -2.35. The molecule has 0 radical (unpaired) electrons. The third-order valence-corrected chi connectivity index (χ3v) is 6.42. The van der Waals surface area contributed by atoms with Crippen molar-refractivity contribution >= 4 is 0 Å². The van der Waals surface area contributed by atoms with Crippen molar-refractivity contribution in [3.05, 3.63) is 72.3 Å². The Bertz CT molecular complexity index is 979. The average molecular weight is 448 g/mol. The number of likely N-dealkylation sites (tertiary alicyclic amines) is 1. The molecule has 3 aromatic rings. The zero-order valence-electron chi connectivity index (χ0n) is 20.2. The van der Waals surface area contributed by atoms with Gasteiger partial charge in [0.2, 0.25) is 5.95 Å². The smallest absolute Gasteiger partial charge is 0.233 e. The van der Waals surface area contributed by atoms with Gasteiger partial charge in [0, 0.05) is 56.0 Å². The quantitative estimate of drug-likeness (QED) is 0.453. The Morgan fingerprint density at radius 2 is 1.79 bits per heavy atom. The molecule has 4 rings (SSSR count). The van der Waals surface area contributed by atoms with Crippen LogP contribution >= 0.6 is 0 Å². The molecule has 0 bridgehead atoms. The first-order valence-electron chi connectivity index (χ1n) is 12.1. The highest BCUT2D eigenvalue weighted by atomic mass is 16.5. The number of para-hydroxylation sites is 1. The molecule has 1 aliphatic rings. The third-order valence-electron chi connectivity index (χ3n) is 6.42. The molecule has 0 unspecified atom stereocenters. The summed E-state index contributed by atoms with van der Waals surface area (Å²) >= 11 is 0. The zero-order chi connectivity index (χ0) is 23.0. The van der Waals surface area contributed by atoms with Gasteiger partial charge in [-0.1, -0.05) is 32.0 Å². The topological polar surface area (TPSA) is 46.4 Å². The van der Waals surface area contributed by atoms with Gasteiger partial charge in [-0.05, 0) is 62.0 Å². The van der Waals surface area contributed by atoms with Gasteiger partial charge in [-0.3, -0.25) is 14.4 Å². The number of hydrogen-bond acceptors (Lipinski definition) is 5. The van der Waals surface area contributed by atoms with E-state index in [1.807, 2.05) is 12.1 Å². The first-order chi connectivity index (χ1) is 16.1. The molecule has 3 heterocycles. The number of benzene rings is 1. The lowest BCUT2D eigenvalue weighted by atomic mass is 9.95. The van der Waals surface area contributed by atoms with Gasteiger partial charge in [-0.2, -0.15) is 0 Å². The van der Waals surface area contributed by atoms with Crippen molar-refractivity contribution in [2.75, 3.05) is 33.3 Å². The summed E-state index contributed by atoms with van der Waals surface area (Å²) in [6, 6.07) is 14.5. The third kappa shape index (κ3) is 6.42. The molecule has 176 valence electrons. The van der Waals surface area contributed by atoms with Crippen molar-refractivity contribution in [3.8, 4) is 11.7 Å². The van der Waals surface area contributed by atoms with Crippen molar-refractivity contribution in [1.29, 1.82) is 0 Å². The van der Waals surface area contributed by atoms with Crippen molar-refractivity contribution in [2.45, 2.75) is 39.8 Å². The molecule has 0 N–H and O–H groups in total. The second-order valence-electron chi connectivity index (χ2n) is 9.54. The largest absolute Gasteiger partial charge is 0.496 e. The van der Waals surface area contributed by atoms with Crippen molar-refractivity contribution in [1.82, 2.24) is 24.3 Å². The van der Waals surface area contributed by atoms with Gasteiger partial charge in [0.05, 0.1) is 7.11 Å². The van der Waals surface area contributed by atoms with E-state index in [2.05, 4.69) is 74.7 Å². The van der Waals surface area contributed by atoms with Gasteiger partial charge in [0.1, 0.15) is 5.75 Å². The van der Waals surface area contributed by atoms with E-state index < -0.39 is 0 Å². The lowest BCUT2D eigenvalue weighted by Crippen LogP contribution is -2.39. The number of aromatic nitrogens is 3. The van der Waals surface area contributed by atoms with Crippen LogP contribution in [0.5, 0.6) is 5.75 Å². The number of rotatable bonds is 10. The van der Waals surface area contributed by atoms with E-state index >= 15 is 0 Å². The molecule has 1 saturated heterocycles. The minimum atomic E-state index is 0.632. The van der Waals surface area contributed by atoms with E-state index in [1.165, 1.54) is 24.1 Å². The molecular weight excluding hydrogens is 410 g/mol. The lowest BCUT2D eigenvalue weighted by molar-refractivity contribution is 0.127. The number of piperidine rings is 1. The Kier molecular flexibility index (Phi) is 8.13. The zero-order valence-corrected chi connectivity index (χ0v) is 20.2. The van der Waals surface area contributed by atoms with E-state index in [4.69, 9.17) is 4.74 Å². The Morgan fingerprint density at radius 3 is 2.52 bits per heavy atom. The second-order valence-corrected chi connectivity index (χ2v) is 9.54. The van der Waals surface area contributed by atoms with Crippen LogP contribution < -0.4 is 4.74 Å². The first kappa shape index (κ1) is 23.5. The molecular formula is C27H37N5O. The SMILES string of the molecule is COc1ccccc1CN1CCC(CN(Cc2cccn2-c2ncccn2)CC(C)C)CC1. The summed E-state index contributed by atoms with van der Waals surface area (Å²) in [5.41, 5.74) is 2.53. The van der Waals surface area contributed by atoms with Crippen LogP contribution in [0.3, 0.4) is 0 Å². The Morgan fingerprint density at radius 1 is 1.03 bits per heavy atom. The van der Waals surface area contributed by atoms with Gasteiger partial charge in [-0.25, -0.2) is 9.97 Å². The van der Waals surface area contributed by atoms with E-state index in [1.54, 1.807) is 19.5 Å². The van der Waals surface area contributed by atoms with Crippen LogP contribution in [0.4, 0.5) is 0 Å². The summed E-state index contributed by atoms with van der Waals surface area (Å²) in [4.78, 5) is 14.1. The highest BCUT2D eigenvalue weighted by Gasteiger charge is 2.23. The van der Waals surface area contributed by atoms with Crippen molar-refractivity contribution in [3.63, 3.8) is 0 Å². The fraction of sp³-hybridized carbons (Fsp3) is 0.481. The Labute approximate surface area is 198 Å². The van der Waals surface area contributed by atoms with Gasteiger partial charge in [0.25, 0.3) is 0 Å². The van der Waals surface area contributed by atoms with Gasteiger partial charge in [0.15, 0.2) is 0 Å². The minimum Gasteiger partial charge on any atom is -0.496 e. The molecule has 0 saturated carbocycles. The number of hydrogen-bond donors (Lipinski definition) is 0. The first-order valence-corrected chi connectivity index (χ1v) is 12.1. The molecule has 1 aliphatic heterocycles. The molecule has 33 heavy (non-hydrogen) atoms. The predicted molar refractivity (Wildman–Crippen MR) is 132 cm³/mol.